The van der Waals surface area contributed by atoms with Crippen LogP contribution in [0.1, 0.15) is 47.1 Å². The minimum absolute atomic E-state index is 0.196. The predicted octanol–water partition coefficient (Wildman–Crippen LogP) is 2.96. The van der Waals surface area contributed by atoms with Crippen molar-refractivity contribution >= 4 is 17.7 Å². The molecule has 0 aliphatic heterocycles. The number of methoxy groups -OCH3 is 1. The molecule has 0 aliphatic rings. The van der Waals surface area contributed by atoms with Gasteiger partial charge in [0.2, 0.25) is 0 Å². The Morgan fingerprint density at radius 2 is 2.00 bits per heavy atom. The Bertz CT molecular complexity index is 781. The first kappa shape index (κ1) is 18.5. The van der Waals surface area contributed by atoms with Gasteiger partial charge in [-0.05, 0) is 36.6 Å². The van der Waals surface area contributed by atoms with Gasteiger partial charge in [0, 0.05) is 12.7 Å². The number of esters is 1. The van der Waals surface area contributed by atoms with E-state index in [1.807, 2.05) is 40.0 Å². The Labute approximate surface area is 147 Å². The minimum atomic E-state index is -0.441. The maximum atomic E-state index is 12.3. The molecule has 0 saturated heterocycles. The van der Waals surface area contributed by atoms with Crippen molar-refractivity contribution < 1.29 is 14.3 Å². The number of carbonyl (C=O) groups excluding carboxylic acids is 2. The number of urea groups is 1. The van der Waals surface area contributed by atoms with E-state index in [0.717, 1.165) is 17.0 Å². The van der Waals surface area contributed by atoms with E-state index in [9.17, 15) is 9.59 Å². The number of hydrogen-bond acceptors (Lipinski definition) is 4. The van der Waals surface area contributed by atoms with Gasteiger partial charge < -0.3 is 15.4 Å². The summed E-state index contributed by atoms with van der Waals surface area (Å²) in [4.78, 5) is 24.0. The Morgan fingerprint density at radius 1 is 1.28 bits per heavy atom. The molecule has 0 spiro atoms. The van der Waals surface area contributed by atoms with Crippen LogP contribution >= 0.6 is 0 Å². The predicted molar refractivity (Wildman–Crippen MR) is 95.7 cm³/mol. The number of aryl methyl sites for hydroxylation is 2. The zero-order valence-electron chi connectivity index (χ0n) is 15.2. The second kappa shape index (κ2) is 7.83. The molecule has 134 valence electrons. The molecule has 0 unspecified atom stereocenters. The van der Waals surface area contributed by atoms with Gasteiger partial charge in [0.1, 0.15) is 0 Å². The molecule has 0 radical (unpaired) electrons. The van der Waals surface area contributed by atoms with Crippen molar-refractivity contribution in [3.05, 3.63) is 46.8 Å². The van der Waals surface area contributed by atoms with Crippen molar-refractivity contribution in [2.75, 3.05) is 12.4 Å². The van der Waals surface area contributed by atoms with Crippen molar-refractivity contribution in [1.82, 2.24) is 15.1 Å². The van der Waals surface area contributed by atoms with E-state index >= 15 is 0 Å². The fraction of sp³-hybridized carbons (Fsp3) is 0.389. The van der Waals surface area contributed by atoms with Crippen molar-refractivity contribution in [2.45, 2.75) is 33.2 Å². The molecule has 25 heavy (non-hydrogen) atoms. The molecule has 7 heteroatoms. The van der Waals surface area contributed by atoms with Crippen LogP contribution in [0.2, 0.25) is 0 Å². The van der Waals surface area contributed by atoms with Gasteiger partial charge in [-0.1, -0.05) is 19.9 Å². The molecular formula is C18H24N4O3. The summed E-state index contributed by atoms with van der Waals surface area (Å²) in [5.74, 6) is -0.245. The van der Waals surface area contributed by atoms with Crippen LogP contribution in [-0.4, -0.2) is 28.9 Å². The Balaban J connectivity index is 2.12. The Hall–Kier alpha value is -2.83. The van der Waals surface area contributed by atoms with Gasteiger partial charge in [-0.15, -0.1) is 0 Å². The number of anilines is 1. The molecule has 0 bridgehead atoms. The maximum absolute atomic E-state index is 12.3. The van der Waals surface area contributed by atoms with Crippen molar-refractivity contribution in [3.8, 4) is 0 Å². The summed E-state index contributed by atoms with van der Waals surface area (Å²) in [7, 11) is 3.16. The first-order chi connectivity index (χ1) is 11.8. The number of rotatable bonds is 5. The molecule has 0 fully saturated rings. The van der Waals surface area contributed by atoms with Crippen LogP contribution in [0.25, 0.3) is 0 Å². The standard InChI is InChI=1S/C18H24N4O3/c1-11(2)15-7-6-13(17(23)25-5)9-16(15)20-18(24)19-10-14-8-12(3)21-22(14)4/h6-9,11H,10H2,1-5H3,(H2,19,20,24). The topological polar surface area (TPSA) is 85.2 Å². The number of nitrogens with zero attached hydrogens (tertiary/aromatic N) is 2. The largest absolute Gasteiger partial charge is 0.465 e. The average molecular weight is 344 g/mol. The van der Waals surface area contributed by atoms with Crippen LogP contribution in [0.5, 0.6) is 0 Å². The van der Waals surface area contributed by atoms with Gasteiger partial charge in [0.05, 0.1) is 30.6 Å². The fourth-order valence-electron chi connectivity index (χ4n) is 2.58. The molecule has 2 rings (SSSR count). The summed E-state index contributed by atoms with van der Waals surface area (Å²) in [5.41, 5.74) is 3.73. The van der Waals surface area contributed by atoms with Crippen molar-refractivity contribution in [3.63, 3.8) is 0 Å². The molecule has 2 amide bonds. The molecule has 7 nitrogen and oxygen atoms in total. The highest BCUT2D eigenvalue weighted by atomic mass is 16.5. The third-order valence-electron chi connectivity index (χ3n) is 3.87. The van der Waals surface area contributed by atoms with Gasteiger partial charge in [-0.25, -0.2) is 9.59 Å². The van der Waals surface area contributed by atoms with Gasteiger partial charge in [-0.3, -0.25) is 4.68 Å². The van der Waals surface area contributed by atoms with E-state index in [1.54, 1.807) is 16.8 Å². The van der Waals surface area contributed by atoms with E-state index in [2.05, 4.69) is 15.7 Å². The summed E-state index contributed by atoms with van der Waals surface area (Å²) in [6.07, 6.45) is 0. The fourth-order valence-corrected chi connectivity index (χ4v) is 2.58. The van der Waals surface area contributed by atoms with Crippen LogP contribution in [0.15, 0.2) is 24.3 Å². The summed E-state index contributed by atoms with van der Waals surface area (Å²) < 4.78 is 6.47. The van der Waals surface area contributed by atoms with Crippen LogP contribution in [-0.2, 0) is 18.3 Å². The zero-order chi connectivity index (χ0) is 18.6. The Morgan fingerprint density at radius 3 is 2.56 bits per heavy atom. The highest BCUT2D eigenvalue weighted by Gasteiger charge is 2.14. The monoisotopic (exact) mass is 344 g/mol. The molecule has 2 N–H and O–H groups in total. The minimum Gasteiger partial charge on any atom is -0.465 e. The van der Waals surface area contributed by atoms with E-state index < -0.39 is 5.97 Å². The van der Waals surface area contributed by atoms with E-state index in [1.165, 1.54) is 7.11 Å². The Kier molecular flexibility index (Phi) is 5.80. The van der Waals surface area contributed by atoms with Crippen LogP contribution in [0.3, 0.4) is 0 Å². The first-order valence-electron chi connectivity index (χ1n) is 8.08. The SMILES string of the molecule is COC(=O)c1ccc(C(C)C)c(NC(=O)NCc2cc(C)nn2C)c1. The summed E-state index contributed by atoms with van der Waals surface area (Å²) in [6, 6.07) is 6.73. The third kappa shape index (κ3) is 4.59. The smallest absolute Gasteiger partial charge is 0.337 e. The lowest BCUT2D eigenvalue weighted by Gasteiger charge is -2.15. The molecule has 0 aliphatic carbocycles. The molecule has 1 heterocycles. The van der Waals surface area contributed by atoms with E-state index in [4.69, 9.17) is 4.74 Å². The maximum Gasteiger partial charge on any atom is 0.337 e. The first-order valence-corrected chi connectivity index (χ1v) is 8.08. The molecule has 1 aromatic heterocycles. The summed E-state index contributed by atoms with van der Waals surface area (Å²) in [5, 5.41) is 9.87. The average Bonchev–Trinajstić information content (AvgIpc) is 2.89. The molecule has 2 aromatic rings. The second-order valence-electron chi connectivity index (χ2n) is 6.16. The summed E-state index contributed by atoms with van der Waals surface area (Å²) in [6.45, 7) is 6.30. The van der Waals surface area contributed by atoms with Gasteiger partial charge in [-0.2, -0.15) is 5.10 Å². The van der Waals surface area contributed by atoms with Crippen LogP contribution in [0, 0.1) is 6.92 Å². The van der Waals surface area contributed by atoms with Gasteiger partial charge >= 0.3 is 12.0 Å². The number of benzene rings is 1. The highest BCUT2D eigenvalue weighted by Crippen LogP contribution is 2.25. The number of amides is 2. The lowest BCUT2D eigenvalue weighted by Crippen LogP contribution is -2.29. The second-order valence-corrected chi connectivity index (χ2v) is 6.16. The number of hydrogen-bond donors (Lipinski definition) is 2. The molecule has 1 aromatic carbocycles. The normalized spacial score (nSPS) is 10.6. The van der Waals surface area contributed by atoms with Crippen LogP contribution < -0.4 is 10.6 Å². The molecular weight excluding hydrogens is 320 g/mol. The van der Waals surface area contributed by atoms with Gasteiger partial charge in [0.15, 0.2) is 0 Å². The van der Waals surface area contributed by atoms with Gasteiger partial charge in [0.25, 0.3) is 0 Å². The lowest BCUT2D eigenvalue weighted by molar-refractivity contribution is 0.0600. The van der Waals surface area contributed by atoms with Crippen LogP contribution in [0.4, 0.5) is 10.5 Å². The number of carbonyl (C=O) groups is 2. The van der Waals surface area contributed by atoms with E-state index in [0.29, 0.717) is 17.8 Å². The number of nitrogens with one attached hydrogen (secondary N) is 2. The summed E-state index contributed by atoms with van der Waals surface area (Å²) >= 11 is 0. The lowest BCUT2D eigenvalue weighted by atomic mass is 9.99. The van der Waals surface area contributed by atoms with E-state index in [-0.39, 0.29) is 11.9 Å². The van der Waals surface area contributed by atoms with Crippen molar-refractivity contribution in [2.24, 2.45) is 7.05 Å². The quantitative estimate of drug-likeness (QED) is 0.817. The zero-order valence-corrected chi connectivity index (χ0v) is 15.2. The number of ether oxygens (including phenoxy) is 1. The third-order valence-corrected chi connectivity index (χ3v) is 3.87. The number of aromatic nitrogens is 2. The molecule has 0 saturated carbocycles. The molecule has 0 atom stereocenters. The van der Waals surface area contributed by atoms with Crippen molar-refractivity contribution in [1.29, 1.82) is 0 Å². The highest BCUT2D eigenvalue weighted by molar-refractivity contribution is 5.94.